The van der Waals surface area contributed by atoms with Crippen molar-refractivity contribution in [1.82, 2.24) is 15.5 Å². The molecule has 2 unspecified atom stereocenters. The van der Waals surface area contributed by atoms with E-state index in [0.717, 1.165) is 58.2 Å². The first-order valence-corrected chi connectivity index (χ1v) is 7.99. The molecular weight excluding hydrogens is 250 g/mol. The van der Waals surface area contributed by atoms with Crippen molar-refractivity contribution in [1.29, 1.82) is 0 Å². The van der Waals surface area contributed by atoms with Crippen LogP contribution in [0.4, 0.5) is 0 Å². The van der Waals surface area contributed by atoms with Gasteiger partial charge in [-0.1, -0.05) is 19.3 Å². The third kappa shape index (κ3) is 3.74. The Bertz CT molecular complexity index is 357. The lowest BCUT2D eigenvalue weighted by molar-refractivity contribution is -0.126. The first kappa shape index (κ1) is 15.3. The van der Waals surface area contributed by atoms with E-state index in [1.54, 1.807) is 0 Å². The van der Waals surface area contributed by atoms with Crippen LogP contribution in [0.25, 0.3) is 0 Å². The Morgan fingerprint density at radius 3 is 2.85 bits per heavy atom. The molecule has 0 radical (unpaired) electrons. The van der Waals surface area contributed by atoms with Gasteiger partial charge in [-0.25, -0.2) is 0 Å². The van der Waals surface area contributed by atoms with Crippen LogP contribution in [0.5, 0.6) is 0 Å². The lowest BCUT2D eigenvalue weighted by Crippen LogP contribution is -2.52. The van der Waals surface area contributed by atoms with Gasteiger partial charge in [0.2, 0.25) is 5.91 Å². The molecule has 2 aliphatic heterocycles. The average Bonchev–Trinajstić information content (AvgIpc) is 2.97. The number of carbonyl (C=O) groups is 1. The van der Waals surface area contributed by atoms with Gasteiger partial charge in [-0.15, -0.1) is 6.42 Å². The topological polar surface area (TPSA) is 44.4 Å². The predicted octanol–water partition coefficient (Wildman–Crippen LogP) is 1.12. The molecule has 0 bridgehead atoms. The van der Waals surface area contributed by atoms with E-state index in [4.69, 9.17) is 6.42 Å². The molecule has 4 heteroatoms. The molecule has 4 nitrogen and oxygen atoms in total. The third-order valence-electron chi connectivity index (χ3n) is 4.47. The molecular formula is C16H27N3O. The summed E-state index contributed by atoms with van der Waals surface area (Å²) in [6.45, 7) is 5.28. The van der Waals surface area contributed by atoms with Gasteiger partial charge < -0.3 is 10.6 Å². The van der Waals surface area contributed by atoms with E-state index in [0.29, 0.717) is 6.04 Å². The molecule has 0 aromatic rings. The summed E-state index contributed by atoms with van der Waals surface area (Å²) >= 11 is 0. The minimum Gasteiger partial charge on any atom is -0.341 e. The molecule has 0 aromatic carbocycles. The van der Waals surface area contributed by atoms with Gasteiger partial charge in [-0.3, -0.25) is 9.69 Å². The largest absolute Gasteiger partial charge is 0.341 e. The van der Waals surface area contributed by atoms with Gasteiger partial charge in [0, 0.05) is 6.04 Å². The summed E-state index contributed by atoms with van der Waals surface area (Å²) in [4.78, 5) is 14.9. The molecule has 0 aromatic heterocycles. The number of nitrogens with zero attached hydrogens (tertiary/aromatic N) is 1. The lowest BCUT2D eigenvalue weighted by atomic mass is 10.0. The summed E-state index contributed by atoms with van der Waals surface area (Å²) in [6.07, 6.45) is 11.8. The van der Waals surface area contributed by atoms with Crippen LogP contribution in [0.15, 0.2) is 0 Å². The minimum absolute atomic E-state index is 0.0332. The van der Waals surface area contributed by atoms with Crippen molar-refractivity contribution in [2.45, 2.75) is 63.6 Å². The highest BCUT2D eigenvalue weighted by Crippen LogP contribution is 2.24. The molecule has 2 N–H and O–H groups in total. The van der Waals surface area contributed by atoms with Crippen molar-refractivity contribution < 1.29 is 4.79 Å². The Kier molecular flexibility index (Phi) is 5.87. The van der Waals surface area contributed by atoms with Gasteiger partial charge in [0.15, 0.2) is 0 Å². The predicted molar refractivity (Wildman–Crippen MR) is 81.3 cm³/mol. The Balaban J connectivity index is 1.92. The zero-order chi connectivity index (χ0) is 14.4. The first-order valence-electron chi connectivity index (χ1n) is 7.99. The Morgan fingerprint density at radius 2 is 2.20 bits per heavy atom. The highest BCUT2D eigenvalue weighted by Gasteiger charge is 2.36. The van der Waals surface area contributed by atoms with Gasteiger partial charge in [0.05, 0.1) is 12.1 Å². The van der Waals surface area contributed by atoms with Crippen LogP contribution >= 0.6 is 0 Å². The smallest absolute Gasteiger partial charge is 0.238 e. The van der Waals surface area contributed by atoms with E-state index < -0.39 is 0 Å². The zero-order valence-corrected chi connectivity index (χ0v) is 12.5. The molecule has 0 aliphatic carbocycles. The van der Waals surface area contributed by atoms with Crippen molar-refractivity contribution in [3.8, 4) is 12.3 Å². The van der Waals surface area contributed by atoms with E-state index in [-0.39, 0.29) is 18.0 Å². The summed E-state index contributed by atoms with van der Waals surface area (Å²) in [7, 11) is 0. The fraction of sp³-hybridized carbons (Fsp3) is 0.812. The van der Waals surface area contributed by atoms with Gasteiger partial charge >= 0.3 is 0 Å². The summed E-state index contributed by atoms with van der Waals surface area (Å²) in [5.74, 6) is 2.83. The van der Waals surface area contributed by atoms with Crippen molar-refractivity contribution in [3.05, 3.63) is 0 Å². The number of hydrogen-bond acceptors (Lipinski definition) is 3. The molecule has 112 valence electrons. The number of piperidine rings is 1. The van der Waals surface area contributed by atoms with E-state index in [1.807, 2.05) is 0 Å². The van der Waals surface area contributed by atoms with Crippen LogP contribution in [0.3, 0.4) is 0 Å². The van der Waals surface area contributed by atoms with E-state index >= 15 is 0 Å². The first-order chi connectivity index (χ1) is 9.76. The quantitative estimate of drug-likeness (QED) is 0.740. The number of hydrogen-bond donors (Lipinski definition) is 2. The van der Waals surface area contributed by atoms with Gasteiger partial charge in [-0.2, -0.15) is 0 Å². The van der Waals surface area contributed by atoms with Crippen LogP contribution in [-0.4, -0.2) is 48.6 Å². The summed E-state index contributed by atoms with van der Waals surface area (Å²) in [5.41, 5.74) is 0. The standard InChI is InChI=1S/C16H27N3O/c1-3-6-13(4-2)18-16(20)15-7-5-12-19(15)14-8-10-17-11-9-14/h2,13-15,17H,3,5-12H2,1H3,(H,18,20). The molecule has 20 heavy (non-hydrogen) atoms. The summed E-state index contributed by atoms with van der Waals surface area (Å²) < 4.78 is 0. The molecule has 2 rings (SSSR count). The number of amides is 1. The van der Waals surface area contributed by atoms with Crippen LogP contribution < -0.4 is 10.6 Å². The van der Waals surface area contributed by atoms with Crippen LogP contribution in [0, 0.1) is 12.3 Å². The number of terminal acetylenes is 1. The van der Waals surface area contributed by atoms with Crippen LogP contribution in [0.1, 0.15) is 45.4 Å². The molecule has 2 fully saturated rings. The number of likely N-dealkylation sites (tertiary alicyclic amines) is 1. The Labute approximate surface area is 122 Å². The highest BCUT2D eigenvalue weighted by atomic mass is 16.2. The maximum atomic E-state index is 12.5. The average molecular weight is 277 g/mol. The molecule has 0 saturated carbocycles. The second-order valence-electron chi connectivity index (χ2n) is 5.89. The minimum atomic E-state index is -0.108. The summed E-state index contributed by atoms with van der Waals surface area (Å²) in [5, 5.41) is 6.43. The fourth-order valence-corrected chi connectivity index (χ4v) is 3.40. The van der Waals surface area contributed by atoms with E-state index in [9.17, 15) is 4.79 Å². The number of carbonyl (C=O) groups excluding carboxylic acids is 1. The van der Waals surface area contributed by atoms with Gasteiger partial charge in [0.25, 0.3) is 0 Å². The molecule has 0 spiro atoms. The second kappa shape index (κ2) is 7.66. The SMILES string of the molecule is C#CC(CCC)NC(=O)C1CCCN1C1CCNCC1. The third-order valence-corrected chi connectivity index (χ3v) is 4.47. The van der Waals surface area contributed by atoms with Crippen LogP contribution in [0.2, 0.25) is 0 Å². The van der Waals surface area contributed by atoms with Crippen molar-refractivity contribution in [2.24, 2.45) is 0 Å². The molecule has 2 saturated heterocycles. The maximum Gasteiger partial charge on any atom is 0.238 e. The maximum absolute atomic E-state index is 12.5. The highest BCUT2D eigenvalue weighted by molar-refractivity contribution is 5.82. The Morgan fingerprint density at radius 1 is 1.45 bits per heavy atom. The van der Waals surface area contributed by atoms with Crippen molar-refractivity contribution in [3.63, 3.8) is 0 Å². The van der Waals surface area contributed by atoms with Crippen LogP contribution in [-0.2, 0) is 4.79 Å². The monoisotopic (exact) mass is 277 g/mol. The summed E-state index contributed by atoms with van der Waals surface area (Å²) in [6, 6.07) is 0.485. The number of rotatable bonds is 5. The zero-order valence-electron chi connectivity index (χ0n) is 12.5. The molecule has 2 atom stereocenters. The van der Waals surface area contributed by atoms with Gasteiger partial charge in [-0.05, 0) is 51.7 Å². The van der Waals surface area contributed by atoms with Crippen molar-refractivity contribution >= 4 is 5.91 Å². The lowest BCUT2D eigenvalue weighted by Gasteiger charge is -2.35. The van der Waals surface area contributed by atoms with E-state index in [1.165, 1.54) is 0 Å². The van der Waals surface area contributed by atoms with Crippen molar-refractivity contribution in [2.75, 3.05) is 19.6 Å². The molecule has 1 amide bonds. The van der Waals surface area contributed by atoms with Gasteiger partial charge in [0.1, 0.15) is 0 Å². The fourth-order valence-electron chi connectivity index (χ4n) is 3.40. The van der Waals surface area contributed by atoms with E-state index in [2.05, 4.69) is 28.4 Å². The second-order valence-corrected chi connectivity index (χ2v) is 5.89. The number of nitrogens with one attached hydrogen (secondary N) is 2. The molecule has 2 heterocycles. The molecule has 2 aliphatic rings. The Hall–Kier alpha value is -1.05. The normalized spacial score (nSPS) is 26.1.